The zero-order valence-corrected chi connectivity index (χ0v) is 18.5. The van der Waals surface area contributed by atoms with E-state index in [-0.39, 0.29) is 17.5 Å². The molecule has 3 aliphatic rings. The first kappa shape index (κ1) is 20.8. The zero-order chi connectivity index (χ0) is 21.1. The number of ether oxygens (including phenoxy) is 1. The van der Waals surface area contributed by atoms with Crippen LogP contribution in [-0.2, 0) is 9.53 Å². The van der Waals surface area contributed by atoms with Gasteiger partial charge in [-0.15, -0.1) is 0 Å². The molecule has 0 aromatic heterocycles. The number of piperidine rings is 1. The van der Waals surface area contributed by atoms with Crippen molar-refractivity contribution < 1.29 is 9.53 Å². The first-order valence-electron chi connectivity index (χ1n) is 12.3. The van der Waals surface area contributed by atoms with Crippen molar-refractivity contribution in [3.05, 3.63) is 71.8 Å². The molecular weight excluding hydrogens is 382 g/mol. The first-order chi connectivity index (χ1) is 15.2. The van der Waals surface area contributed by atoms with Crippen LogP contribution in [0.1, 0.15) is 68.4 Å². The maximum absolute atomic E-state index is 12.4. The quantitative estimate of drug-likeness (QED) is 0.557. The van der Waals surface area contributed by atoms with E-state index >= 15 is 0 Å². The predicted octanol–water partition coefficient (Wildman–Crippen LogP) is 5.80. The highest BCUT2D eigenvalue weighted by Crippen LogP contribution is 2.48. The molecule has 0 N–H and O–H groups in total. The Morgan fingerprint density at radius 1 is 0.903 bits per heavy atom. The van der Waals surface area contributed by atoms with Crippen molar-refractivity contribution in [2.24, 2.45) is 11.3 Å². The lowest BCUT2D eigenvalue weighted by Crippen LogP contribution is -2.37. The van der Waals surface area contributed by atoms with Crippen LogP contribution in [0.15, 0.2) is 60.7 Å². The normalized spacial score (nSPS) is 24.2. The lowest BCUT2D eigenvalue weighted by molar-refractivity contribution is -0.148. The summed E-state index contributed by atoms with van der Waals surface area (Å²) in [5.74, 6) is 1.25. The van der Waals surface area contributed by atoms with E-state index in [0.717, 1.165) is 45.3 Å². The predicted molar refractivity (Wildman–Crippen MR) is 124 cm³/mol. The Kier molecular flexibility index (Phi) is 6.13. The van der Waals surface area contributed by atoms with Gasteiger partial charge in [-0.05, 0) is 62.2 Å². The van der Waals surface area contributed by atoms with Gasteiger partial charge in [-0.1, -0.05) is 73.5 Å². The second-order valence-corrected chi connectivity index (χ2v) is 9.99. The van der Waals surface area contributed by atoms with Crippen molar-refractivity contribution in [1.29, 1.82) is 0 Å². The summed E-state index contributed by atoms with van der Waals surface area (Å²) in [6, 6.07) is 22.0. The molecule has 164 valence electrons. The van der Waals surface area contributed by atoms with E-state index in [1.54, 1.807) is 0 Å². The van der Waals surface area contributed by atoms with Gasteiger partial charge in [-0.2, -0.15) is 0 Å². The SMILES string of the molecule is O=C1OC(CCN2CCC(C(c3ccccc3)c3ccccc3)CC2)CC12CCCC2. The Bertz CT molecular complexity index is 812. The fraction of sp³-hybridized carbons (Fsp3) is 0.536. The van der Waals surface area contributed by atoms with Gasteiger partial charge in [0.05, 0.1) is 5.41 Å². The third-order valence-electron chi connectivity index (χ3n) is 8.07. The molecule has 2 aliphatic heterocycles. The van der Waals surface area contributed by atoms with E-state index in [1.165, 1.54) is 36.8 Å². The van der Waals surface area contributed by atoms with Crippen LogP contribution in [0.3, 0.4) is 0 Å². The number of nitrogens with zero attached hydrogens (tertiary/aromatic N) is 1. The Balaban J connectivity index is 1.17. The summed E-state index contributed by atoms with van der Waals surface area (Å²) in [6.45, 7) is 3.35. The van der Waals surface area contributed by atoms with Crippen molar-refractivity contribution in [3.8, 4) is 0 Å². The highest BCUT2D eigenvalue weighted by atomic mass is 16.6. The molecule has 3 heteroatoms. The summed E-state index contributed by atoms with van der Waals surface area (Å²) >= 11 is 0. The smallest absolute Gasteiger partial charge is 0.312 e. The minimum atomic E-state index is -0.115. The van der Waals surface area contributed by atoms with Crippen molar-refractivity contribution in [2.75, 3.05) is 19.6 Å². The topological polar surface area (TPSA) is 29.5 Å². The third-order valence-corrected chi connectivity index (χ3v) is 8.07. The molecule has 1 aliphatic carbocycles. The number of benzene rings is 2. The maximum atomic E-state index is 12.4. The number of carbonyl (C=O) groups is 1. The standard InChI is InChI=1S/C28H35NO2/c30-27-28(16-7-8-17-28)21-25(31-27)15-20-29-18-13-24(14-19-29)26(22-9-3-1-4-10-22)23-11-5-2-6-12-23/h1-6,9-12,24-26H,7-8,13-21H2. The molecule has 0 amide bonds. The summed E-state index contributed by atoms with van der Waals surface area (Å²) in [4.78, 5) is 15.0. The Hall–Kier alpha value is -2.13. The van der Waals surface area contributed by atoms with Crippen LogP contribution in [0.2, 0.25) is 0 Å². The van der Waals surface area contributed by atoms with Gasteiger partial charge in [0.15, 0.2) is 0 Å². The van der Waals surface area contributed by atoms with Crippen molar-refractivity contribution in [2.45, 2.75) is 63.4 Å². The molecule has 1 unspecified atom stereocenters. The second-order valence-electron chi connectivity index (χ2n) is 9.99. The fourth-order valence-corrected chi connectivity index (χ4v) is 6.35. The molecule has 1 atom stereocenters. The van der Waals surface area contributed by atoms with Gasteiger partial charge < -0.3 is 9.64 Å². The Morgan fingerprint density at radius 3 is 2.06 bits per heavy atom. The highest BCUT2D eigenvalue weighted by Gasteiger charge is 2.50. The van der Waals surface area contributed by atoms with Crippen LogP contribution in [0.5, 0.6) is 0 Å². The van der Waals surface area contributed by atoms with Gasteiger partial charge in [0.2, 0.25) is 0 Å². The third kappa shape index (κ3) is 4.43. The molecule has 2 aromatic rings. The second kappa shape index (κ2) is 9.16. The minimum Gasteiger partial charge on any atom is -0.462 e. The number of likely N-dealkylation sites (tertiary alicyclic amines) is 1. The van der Waals surface area contributed by atoms with Gasteiger partial charge >= 0.3 is 5.97 Å². The van der Waals surface area contributed by atoms with Gasteiger partial charge in [0.25, 0.3) is 0 Å². The maximum Gasteiger partial charge on any atom is 0.312 e. The lowest BCUT2D eigenvalue weighted by Gasteiger charge is -2.37. The van der Waals surface area contributed by atoms with Crippen LogP contribution in [-0.4, -0.2) is 36.6 Å². The number of hydrogen-bond donors (Lipinski definition) is 0. The number of rotatable bonds is 6. The summed E-state index contributed by atoms with van der Waals surface area (Å²) in [7, 11) is 0. The largest absolute Gasteiger partial charge is 0.462 e. The van der Waals surface area contributed by atoms with Gasteiger partial charge in [-0.25, -0.2) is 0 Å². The lowest BCUT2D eigenvalue weighted by atomic mass is 9.76. The molecule has 2 heterocycles. The van der Waals surface area contributed by atoms with Crippen LogP contribution in [0.4, 0.5) is 0 Å². The van der Waals surface area contributed by atoms with Crippen LogP contribution in [0.25, 0.3) is 0 Å². The average Bonchev–Trinajstić information content (AvgIpc) is 3.42. The molecule has 0 radical (unpaired) electrons. The highest BCUT2D eigenvalue weighted by molar-refractivity contribution is 5.79. The monoisotopic (exact) mass is 417 g/mol. The Labute approximate surface area is 186 Å². The first-order valence-corrected chi connectivity index (χ1v) is 12.3. The number of hydrogen-bond acceptors (Lipinski definition) is 3. The van der Waals surface area contributed by atoms with E-state index < -0.39 is 0 Å². The van der Waals surface area contributed by atoms with Crippen molar-refractivity contribution in [3.63, 3.8) is 0 Å². The fourth-order valence-electron chi connectivity index (χ4n) is 6.35. The van der Waals surface area contributed by atoms with Crippen LogP contribution < -0.4 is 0 Å². The molecule has 31 heavy (non-hydrogen) atoms. The molecule has 2 aromatic carbocycles. The van der Waals surface area contributed by atoms with Gasteiger partial charge in [-0.3, -0.25) is 4.79 Å². The van der Waals surface area contributed by atoms with E-state index in [1.807, 2.05) is 0 Å². The van der Waals surface area contributed by atoms with Crippen LogP contribution in [0, 0.1) is 11.3 Å². The Morgan fingerprint density at radius 2 is 1.48 bits per heavy atom. The van der Waals surface area contributed by atoms with E-state index in [4.69, 9.17) is 4.74 Å². The number of esters is 1. The number of carbonyl (C=O) groups excluding carboxylic acids is 1. The summed E-state index contributed by atoms with van der Waals surface area (Å²) in [5.41, 5.74) is 2.76. The molecule has 0 bridgehead atoms. The van der Waals surface area contributed by atoms with Crippen molar-refractivity contribution >= 4 is 5.97 Å². The van der Waals surface area contributed by atoms with E-state index in [0.29, 0.717) is 11.8 Å². The molecule has 2 saturated heterocycles. The summed E-state index contributed by atoms with van der Waals surface area (Å²) < 4.78 is 5.80. The minimum absolute atomic E-state index is 0.0993. The van der Waals surface area contributed by atoms with Gasteiger partial charge in [0.1, 0.15) is 6.10 Å². The summed E-state index contributed by atoms with van der Waals surface area (Å²) in [6.07, 6.45) is 9.04. The van der Waals surface area contributed by atoms with E-state index in [9.17, 15) is 4.79 Å². The van der Waals surface area contributed by atoms with E-state index in [2.05, 4.69) is 65.6 Å². The number of cyclic esters (lactones) is 1. The average molecular weight is 418 g/mol. The zero-order valence-electron chi connectivity index (χ0n) is 18.5. The van der Waals surface area contributed by atoms with Crippen molar-refractivity contribution in [1.82, 2.24) is 4.90 Å². The molecule has 1 spiro atoms. The molecule has 1 saturated carbocycles. The summed E-state index contributed by atoms with van der Waals surface area (Å²) in [5, 5.41) is 0. The van der Waals surface area contributed by atoms with Gasteiger partial charge in [0, 0.05) is 18.9 Å². The molecular formula is C28H35NO2. The van der Waals surface area contributed by atoms with Crippen LogP contribution >= 0.6 is 0 Å². The molecule has 3 nitrogen and oxygen atoms in total. The molecule has 3 fully saturated rings. The molecule has 5 rings (SSSR count).